The van der Waals surface area contributed by atoms with Crippen molar-refractivity contribution in [2.45, 2.75) is 12.5 Å². The maximum absolute atomic E-state index is 9.16. The fraction of sp³-hybridized carbons (Fsp3) is 0.286. The molecule has 1 atom stereocenters. The molecule has 0 aliphatic carbocycles. The first-order valence-electron chi connectivity index (χ1n) is 6.03. The van der Waals surface area contributed by atoms with Crippen molar-refractivity contribution in [1.29, 1.82) is 5.26 Å². The number of nitriles is 1. The minimum atomic E-state index is -0.0937. The first kappa shape index (κ1) is 12.3. The van der Waals surface area contributed by atoms with Gasteiger partial charge in [0.2, 0.25) is 0 Å². The van der Waals surface area contributed by atoms with E-state index in [1.807, 2.05) is 47.3 Å². The van der Waals surface area contributed by atoms with Crippen LogP contribution in [0.3, 0.4) is 0 Å². The van der Waals surface area contributed by atoms with Crippen LogP contribution in [0, 0.1) is 11.3 Å². The molecule has 0 spiro atoms. The number of nitrogens with zero attached hydrogens (tertiary/aromatic N) is 3. The van der Waals surface area contributed by atoms with Gasteiger partial charge in [-0.15, -0.1) is 0 Å². The van der Waals surface area contributed by atoms with Gasteiger partial charge in [0.25, 0.3) is 0 Å². The molecule has 0 amide bonds. The van der Waals surface area contributed by atoms with Crippen LogP contribution in [0.4, 0.5) is 0 Å². The monoisotopic (exact) mass is 240 g/mol. The Bertz CT molecular complexity index is 484. The predicted molar refractivity (Wildman–Crippen MR) is 69.9 cm³/mol. The van der Waals surface area contributed by atoms with E-state index in [4.69, 9.17) is 5.26 Å². The summed E-state index contributed by atoms with van der Waals surface area (Å²) in [6.45, 7) is 2.30. The molecule has 1 heterocycles. The molecule has 0 fully saturated rings. The molecule has 0 aliphatic heterocycles. The van der Waals surface area contributed by atoms with Crippen LogP contribution in [0.2, 0.25) is 0 Å². The Morgan fingerprint density at radius 1 is 1.28 bits per heavy atom. The van der Waals surface area contributed by atoms with Gasteiger partial charge in [-0.1, -0.05) is 30.3 Å². The van der Waals surface area contributed by atoms with Crippen LogP contribution < -0.4 is 5.32 Å². The van der Waals surface area contributed by atoms with E-state index in [0.717, 1.165) is 18.7 Å². The van der Waals surface area contributed by atoms with Crippen molar-refractivity contribution < 1.29 is 0 Å². The molecule has 0 aliphatic rings. The van der Waals surface area contributed by atoms with Crippen LogP contribution in [0.25, 0.3) is 0 Å². The third-order valence-electron chi connectivity index (χ3n) is 2.78. The zero-order valence-corrected chi connectivity index (χ0v) is 10.2. The first-order valence-corrected chi connectivity index (χ1v) is 6.03. The van der Waals surface area contributed by atoms with Crippen LogP contribution in [0.15, 0.2) is 48.8 Å². The van der Waals surface area contributed by atoms with Gasteiger partial charge in [-0.05, 0) is 11.6 Å². The molecule has 92 valence electrons. The fourth-order valence-corrected chi connectivity index (χ4v) is 1.80. The van der Waals surface area contributed by atoms with Crippen molar-refractivity contribution in [3.8, 4) is 6.07 Å². The number of nitrogens with one attached hydrogen (secondary N) is 1. The van der Waals surface area contributed by atoms with E-state index in [1.165, 1.54) is 0 Å². The molecule has 4 heteroatoms. The summed E-state index contributed by atoms with van der Waals surface area (Å²) in [4.78, 5) is 0. The van der Waals surface area contributed by atoms with E-state index in [0.29, 0.717) is 6.54 Å². The van der Waals surface area contributed by atoms with Crippen LogP contribution in [0.1, 0.15) is 11.5 Å². The Kier molecular flexibility index (Phi) is 4.51. The molecule has 0 radical (unpaired) electrons. The van der Waals surface area contributed by atoms with E-state index in [-0.39, 0.29) is 5.92 Å². The highest BCUT2D eigenvalue weighted by Crippen LogP contribution is 2.12. The lowest BCUT2D eigenvalue weighted by Crippen LogP contribution is -2.25. The van der Waals surface area contributed by atoms with E-state index >= 15 is 0 Å². The molecule has 4 nitrogen and oxygen atoms in total. The Morgan fingerprint density at radius 3 is 2.78 bits per heavy atom. The Hall–Kier alpha value is -2.12. The average Bonchev–Trinajstić information content (AvgIpc) is 2.93. The van der Waals surface area contributed by atoms with Crippen LogP contribution in [-0.2, 0) is 6.54 Å². The van der Waals surface area contributed by atoms with Crippen molar-refractivity contribution in [3.63, 3.8) is 0 Å². The fourth-order valence-electron chi connectivity index (χ4n) is 1.80. The van der Waals surface area contributed by atoms with E-state index < -0.39 is 0 Å². The first-order chi connectivity index (χ1) is 8.90. The Morgan fingerprint density at radius 2 is 2.11 bits per heavy atom. The molecule has 1 unspecified atom stereocenters. The second-order valence-corrected chi connectivity index (χ2v) is 4.07. The zero-order valence-electron chi connectivity index (χ0n) is 10.2. The molecule has 1 aromatic carbocycles. The predicted octanol–water partition coefficient (Wildman–Crippen LogP) is 1.78. The van der Waals surface area contributed by atoms with E-state index in [1.54, 1.807) is 6.20 Å². The quantitative estimate of drug-likeness (QED) is 0.783. The summed E-state index contributed by atoms with van der Waals surface area (Å²) in [5.74, 6) is -0.0937. The van der Waals surface area contributed by atoms with Gasteiger partial charge in [0, 0.05) is 25.5 Å². The molecule has 1 aromatic heterocycles. The Balaban J connectivity index is 1.77. The summed E-state index contributed by atoms with van der Waals surface area (Å²) in [5, 5.41) is 16.6. The van der Waals surface area contributed by atoms with Crippen molar-refractivity contribution in [1.82, 2.24) is 15.1 Å². The molecule has 2 aromatic rings. The average molecular weight is 240 g/mol. The van der Waals surface area contributed by atoms with Gasteiger partial charge in [-0.2, -0.15) is 10.4 Å². The largest absolute Gasteiger partial charge is 0.313 e. The number of aromatic nitrogens is 2. The van der Waals surface area contributed by atoms with E-state index in [9.17, 15) is 0 Å². The summed E-state index contributed by atoms with van der Waals surface area (Å²) >= 11 is 0. The van der Waals surface area contributed by atoms with Crippen molar-refractivity contribution >= 4 is 0 Å². The van der Waals surface area contributed by atoms with Crippen LogP contribution >= 0.6 is 0 Å². The van der Waals surface area contributed by atoms with E-state index in [2.05, 4.69) is 16.5 Å². The molecular weight excluding hydrogens is 224 g/mol. The zero-order chi connectivity index (χ0) is 12.6. The second kappa shape index (κ2) is 6.58. The summed E-state index contributed by atoms with van der Waals surface area (Å²) in [5.41, 5.74) is 1.06. The van der Waals surface area contributed by atoms with Gasteiger partial charge in [0.15, 0.2) is 0 Å². The highest BCUT2D eigenvalue weighted by Gasteiger charge is 2.08. The highest BCUT2D eigenvalue weighted by atomic mass is 15.3. The molecule has 0 saturated carbocycles. The molecule has 0 saturated heterocycles. The summed E-state index contributed by atoms with van der Waals surface area (Å²) in [6, 6.07) is 14.1. The maximum Gasteiger partial charge on any atom is 0.0837 e. The van der Waals surface area contributed by atoms with Crippen molar-refractivity contribution in [3.05, 3.63) is 54.4 Å². The van der Waals surface area contributed by atoms with Gasteiger partial charge in [0.1, 0.15) is 0 Å². The van der Waals surface area contributed by atoms with Crippen LogP contribution in [-0.4, -0.2) is 22.9 Å². The van der Waals surface area contributed by atoms with Gasteiger partial charge >= 0.3 is 0 Å². The third-order valence-corrected chi connectivity index (χ3v) is 2.78. The minimum absolute atomic E-state index is 0.0937. The molecule has 2 rings (SSSR count). The minimum Gasteiger partial charge on any atom is -0.313 e. The SMILES string of the molecule is N#CC(CNCCn1cccn1)c1ccccc1. The summed E-state index contributed by atoms with van der Waals surface area (Å²) in [7, 11) is 0. The van der Waals surface area contributed by atoms with Crippen molar-refractivity contribution in [2.75, 3.05) is 13.1 Å². The van der Waals surface area contributed by atoms with Gasteiger partial charge in [-0.25, -0.2) is 0 Å². The standard InChI is InChI=1S/C14H16N4/c15-11-14(13-5-2-1-3-6-13)12-16-8-10-18-9-4-7-17-18/h1-7,9,14,16H,8,10,12H2. The molecule has 1 N–H and O–H groups in total. The van der Waals surface area contributed by atoms with Crippen LogP contribution in [0.5, 0.6) is 0 Å². The second-order valence-electron chi connectivity index (χ2n) is 4.07. The normalized spacial score (nSPS) is 11.9. The molecular formula is C14H16N4. The molecule has 18 heavy (non-hydrogen) atoms. The summed E-state index contributed by atoms with van der Waals surface area (Å²) < 4.78 is 1.87. The smallest absolute Gasteiger partial charge is 0.0837 e. The topological polar surface area (TPSA) is 53.6 Å². The number of hydrogen-bond donors (Lipinski definition) is 1. The maximum atomic E-state index is 9.16. The lowest BCUT2D eigenvalue weighted by atomic mass is 10.0. The Labute approximate surface area is 107 Å². The highest BCUT2D eigenvalue weighted by molar-refractivity contribution is 5.24. The number of benzene rings is 1. The lowest BCUT2D eigenvalue weighted by Gasteiger charge is -2.10. The lowest BCUT2D eigenvalue weighted by molar-refractivity contribution is 0.547. The molecule has 0 bridgehead atoms. The van der Waals surface area contributed by atoms with Gasteiger partial charge in [-0.3, -0.25) is 4.68 Å². The third kappa shape index (κ3) is 3.44. The van der Waals surface area contributed by atoms with Gasteiger partial charge < -0.3 is 5.32 Å². The van der Waals surface area contributed by atoms with Crippen molar-refractivity contribution in [2.24, 2.45) is 0 Å². The number of hydrogen-bond acceptors (Lipinski definition) is 3. The van der Waals surface area contributed by atoms with Gasteiger partial charge in [0.05, 0.1) is 18.5 Å². The summed E-state index contributed by atoms with van der Waals surface area (Å²) in [6.07, 6.45) is 3.70. The number of rotatable bonds is 6.